The second-order valence-corrected chi connectivity index (χ2v) is 8.15. The van der Waals surface area contributed by atoms with Crippen molar-refractivity contribution in [2.24, 2.45) is 17.8 Å². The highest BCUT2D eigenvalue weighted by Gasteiger charge is 2.54. The summed E-state index contributed by atoms with van der Waals surface area (Å²) in [6, 6.07) is 9.49. The number of hydrogen-bond acceptors (Lipinski definition) is 6. The summed E-state index contributed by atoms with van der Waals surface area (Å²) in [5, 5.41) is 6.86. The van der Waals surface area contributed by atoms with Crippen LogP contribution in [0.1, 0.15) is 36.9 Å². The lowest BCUT2D eigenvalue weighted by atomic mass is 9.78. The van der Waals surface area contributed by atoms with Crippen LogP contribution >= 0.6 is 0 Å². The Kier molecular flexibility index (Phi) is 4.69. The maximum absolute atomic E-state index is 13.3. The average Bonchev–Trinajstić information content (AvgIpc) is 3.48. The molecule has 2 aliphatic carbocycles. The number of nitrogens with one attached hydrogen (secondary N) is 1. The molecule has 8 heteroatoms. The third kappa shape index (κ3) is 3.47. The van der Waals surface area contributed by atoms with Crippen LogP contribution in [0.2, 0.25) is 0 Å². The van der Waals surface area contributed by atoms with E-state index in [2.05, 4.69) is 15.5 Å². The molecule has 2 saturated carbocycles. The highest BCUT2D eigenvalue weighted by atomic mass is 16.5. The molecule has 0 spiro atoms. The van der Waals surface area contributed by atoms with Gasteiger partial charge in [-0.2, -0.15) is 4.98 Å². The molecule has 2 amide bonds. The van der Waals surface area contributed by atoms with E-state index in [0.717, 1.165) is 25.0 Å². The Hall–Kier alpha value is -2.90. The highest BCUT2D eigenvalue weighted by molar-refractivity contribution is 5.87. The van der Waals surface area contributed by atoms with Crippen LogP contribution in [0.3, 0.4) is 0 Å². The van der Waals surface area contributed by atoms with E-state index >= 15 is 0 Å². The zero-order valence-electron chi connectivity index (χ0n) is 16.1. The van der Waals surface area contributed by atoms with Crippen molar-refractivity contribution in [1.82, 2.24) is 20.4 Å². The standard InChI is InChI=1S/C21H24N4O4/c26-17-11-25(9-8-22-17)21(27)19-14-7-6-13(10-14)18(19)20-23-16(24-29-20)12-28-15-4-2-1-3-5-15/h1-5,13-14,18-19H,6-12H2,(H,22,26)/t13-,14+,18+,19+/m1/s1. The largest absolute Gasteiger partial charge is 0.485 e. The third-order valence-corrected chi connectivity index (χ3v) is 6.43. The summed E-state index contributed by atoms with van der Waals surface area (Å²) in [4.78, 5) is 31.3. The Morgan fingerprint density at radius 3 is 2.90 bits per heavy atom. The maximum atomic E-state index is 13.3. The van der Waals surface area contributed by atoms with Crippen LogP contribution in [0, 0.1) is 17.8 Å². The van der Waals surface area contributed by atoms with Crippen molar-refractivity contribution in [2.45, 2.75) is 31.8 Å². The van der Waals surface area contributed by atoms with Crippen LogP contribution in [0.5, 0.6) is 5.75 Å². The molecule has 3 aliphatic rings. The van der Waals surface area contributed by atoms with Gasteiger partial charge in [0.05, 0.1) is 18.4 Å². The zero-order valence-corrected chi connectivity index (χ0v) is 16.1. The Morgan fingerprint density at radius 2 is 2.07 bits per heavy atom. The van der Waals surface area contributed by atoms with Gasteiger partial charge in [0.1, 0.15) is 5.75 Å². The van der Waals surface area contributed by atoms with E-state index in [0.29, 0.717) is 36.6 Å². The van der Waals surface area contributed by atoms with Crippen molar-refractivity contribution < 1.29 is 18.8 Å². The van der Waals surface area contributed by atoms with Gasteiger partial charge in [-0.1, -0.05) is 23.4 Å². The topological polar surface area (TPSA) is 97.6 Å². The van der Waals surface area contributed by atoms with Gasteiger partial charge >= 0.3 is 0 Å². The molecule has 29 heavy (non-hydrogen) atoms. The van der Waals surface area contributed by atoms with E-state index < -0.39 is 0 Å². The number of ether oxygens (including phenoxy) is 1. The summed E-state index contributed by atoms with van der Waals surface area (Å²) in [7, 11) is 0. The van der Waals surface area contributed by atoms with Crippen LogP contribution in [0.25, 0.3) is 0 Å². The molecule has 152 valence electrons. The molecule has 4 atom stereocenters. The summed E-state index contributed by atoms with van der Waals surface area (Å²) < 4.78 is 11.3. The third-order valence-electron chi connectivity index (χ3n) is 6.43. The molecule has 1 aromatic carbocycles. The lowest BCUT2D eigenvalue weighted by Crippen LogP contribution is -2.52. The summed E-state index contributed by atoms with van der Waals surface area (Å²) in [6.07, 6.45) is 3.15. The van der Waals surface area contributed by atoms with Gasteiger partial charge in [-0.25, -0.2) is 0 Å². The minimum Gasteiger partial charge on any atom is -0.485 e. The van der Waals surface area contributed by atoms with Gasteiger partial charge in [-0.3, -0.25) is 9.59 Å². The van der Waals surface area contributed by atoms with Crippen molar-refractivity contribution in [2.75, 3.05) is 19.6 Å². The van der Waals surface area contributed by atoms with E-state index in [9.17, 15) is 9.59 Å². The van der Waals surface area contributed by atoms with Gasteiger partial charge in [0.2, 0.25) is 23.5 Å². The van der Waals surface area contributed by atoms with Crippen molar-refractivity contribution >= 4 is 11.8 Å². The predicted octanol–water partition coefficient (Wildman–Crippen LogP) is 1.74. The van der Waals surface area contributed by atoms with E-state index in [1.165, 1.54) is 0 Å². The fourth-order valence-corrected chi connectivity index (χ4v) is 5.17. The number of rotatable bonds is 5. The molecule has 3 fully saturated rings. The van der Waals surface area contributed by atoms with Gasteiger partial charge in [-0.15, -0.1) is 0 Å². The number of carbonyl (C=O) groups is 2. The zero-order chi connectivity index (χ0) is 19.8. The van der Waals surface area contributed by atoms with Crippen molar-refractivity contribution in [1.29, 1.82) is 0 Å². The lowest BCUT2D eigenvalue weighted by Gasteiger charge is -2.34. The van der Waals surface area contributed by atoms with Crippen molar-refractivity contribution in [3.63, 3.8) is 0 Å². The second kappa shape index (κ2) is 7.50. The first-order chi connectivity index (χ1) is 14.2. The Labute approximate surface area is 168 Å². The number of hydrogen-bond donors (Lipinski definition) is 1. The van der Waals surface area contributed by atoms with Gasteiger partial charge in [0.25, 0.3) is 0 Å². The molecule has 1 saturated heterocycles. The molecule has 2 aromatic rings. The highest BCUT2D eigenvalue weighted by Crippen LogP contribution is 2.56. The Bertz CT molecular complexity index is 899. The average molecular weight is 396 g/mol. The molecule has 2 bridgehead atoms. The molecule has 1 N–H and O–H groups in total. The van der Waals surface area contributed by atoms with Crippen molar-refractivity contribution in [3.8, 4) is 5.75 Å². The molecule has 1 aliphatic heterocycles. The number of nitrogens with zero attached hydrogens (tertiary/aromatic N) is 3. The summed E-state index contributed by atoms with van der Waals surface area (Å²) in [5.74, 6) is 2.19. The van der Waals surface area contributed by atoms with Crippen molar-refractivity contribution in [3.05, 3.63) is 42.0 Å². The minimum absolute atomic E-state index is 0.0531. The SMILES string of the molecule is O=C1CN(C(=O)[C@H]2[C@H]3CC[C@H](C3)[C@@H]2c2nc(COc3ccccc3)no2)CCN1. The monoisotopic (exact) mass is 396 g/mol. The normalized spacial score (nSPS) is 28.4. The molecule has 8 nitrogen and oxygen atoms in total. The van der Waals surface area contributed by atoms with E-state index in [-0.39, 0.29) is 36.8 Å². The van der Waals surface area contributed by atoms with Crippen LogP contribution < -0.4 is 10.1 Å². The summed E-state index contributed by atoms with van der Waals surface area (Å²) in [5.41, 5.74) is 0. The van der Waals surface area contributed by atoms with Crippen LogP contribution in [-0.2, 0) is 16.2 Å². The predicted molar refractivity (Wildman–Crippen MR) is 102 cm³/mol. The van der Waals surface area contributed by atoms with E-state index in [4.69, 9.17) is 9.26 Å². The molecule has 0 unspecified atom stereocenters. The number of para-hydroxylation sites is 1. The number of amides is 2. The van der Waals surface area contributed by atoms with Crippen LogP contribution in [-0.4, -0.2) is 46.5 Å². The minimum atomic E-state index is -0.178. The smallest absolute Gasteiger partial charge is 0.239 e. The van der Waals surface area contributed by atoms with Crippen LogP contribution in [0.4, 0.5) is 0 Å². The van der Waals surface area contributed by atoms with Gasteiger partial charge < -0.3 is 19.5 Å². The first-order valence-electron chi connectivity index (χ1n) is 10.2. The van der Waals surface area contributed by atoms with Gasteiger partial charge in [0, 0.05) is 13.1 Å². The quantitative estimate of drug-likeness (QED) is 0.827. The number of benzene rings is 1. The number of fused-ring (bicyclic) bond motifs is 2. The molecule has 0 radical (unpaired) electrons. The molecular weight excluding hydrogens is 372 g/mol. The first-order valence-corrected chi connectivity index (χ1v) is 10.2. The van der Waals surface area contributed by atoms with E-state index in [1.807, 2.05) is 30.3 Å². The summed E-state index contributed by atoms with van der Waals surface area (Å²) in [6.45, 7) is 1.43. The Morgan fingerprint density at radius 1 is 1.24 bits per heavy atom. The number of piperazine rings is 1. The fraction of sp³-hybridized carbons (Fsp3) is 0.524. The van der Waals surface area contributed by atoms with E-state index in [1.54, 1.807) is 4.90 Å². The molecule has 2 heterocycles. The van der Waals surface area contributed by atoms with Crippen LogP contribution in [0.15, 0.2) is 34.9 Å². The second-order valence-electron chi connectivity index (χ2n) is 8.15. The van der Waals surface area contributed by atoms with Gasteiger partial charge in [0.15, 0.2) is 6.61 Å². The molecule has 1 aromatic heterocycles. The number of aromatic nitrogens is 2. The first kappa shape index (κ1) is 18.1. The molecule has 5 rings (SSSR count). The molecular formula is C21H24N4O4. The maximum Gasteiger partial charge on any atom is 0.239 e. The number of carbonyl (C=O) groups excluding carboxylic acids is 2. The lowest BCUT2D eigenvalue weighted by molar-refractivity contribution is -0.143. The fourth-order valence-electron chi connectivity index (χ4n) is 5.17. The van der Waals surface area contributed by atoms with Gasteiger partial charge in [-0.05, 0) is 43.2 Å². The Balaban J connectivity index is 1.32. The summed E-state index contributed by atoms with van der Waals surface area (Å²) >= 11 is 0.